The summed E-state index contributed by atoms with van der Waals surface area (Å²) >= 11 is 0. The summed E-state index contributed by atoms with van der Waals surface area (Å²) in [5, 5.41) is 51.6. The van der Waals surface area contributed by atoms with E-state index in [9.17, 15) is 14.4 Å². The monoisotopic (exact) mass is 633 g/mol. The van der Waals surface area contributed by atoms with Crippen LogP contribution in [0.1, 0.15) is 16.7 Å². The number of phenolic OH excluding ortho intramolecular Hbond substituents is 3. The van der Waals surface area contributed by atoms with Gasteiger partial charge in [0.1, 0.15) is 17.2 Å². The smallest absolute Gasteiger partial charge is 0.328 e. The van der Waals surface area contributed by atoms with E-state index in [4.69, 9.17) is 30.6 Å². The molecule has 0 spiro atoms. The second-order valence-corrected chi connectivity index (χ2v) is 6.79. The zero-order valence-electron chi connectivity index (χ0n) is 19.4. The van der Waals surface area contributed by atoms with Crippen LogP contribution in [-0.2, 0) is 14.4 Å². The number of carboxylic acids is 3. The van der Waals surface area contributed by atoms with E-state index in [-0.39, 0.29) is 58.5 Å². The van der Waals surface area contributed by atoms with Gasteiger partial charge in [0, 0.05) is 59.5 Å². The SMILES string of the molecule is O=C(O)C=Cc1ccc(O)cc1.O=C(O)C=Cc1ccc(O)cc1.O=C(O)C=Cc1ccc(O)cc1.[Pr]. The Balaban J connectivity index is 0.000000518. The molecule has 0 saturated carbocycles. The Morgan fingerprint density at radius 1 is 0.432 bits per heavy atom. The summed E-state index contributed by atoms with van der Waals surface area (Å²) in [6.45, 7) is 0. The number of hydrogen-bond donors (Lipinski definition) is 6. The molecule has 3 rings (SSSR count). The first-order valence-electron chi connectivity index (χ1n) is 10.2. The van der Waals surface area contributed by atoms with Gasteiger partial charge in [-0.25, -0.2) is 14.4 Å². The molecule has 37 heavy (non-hydrogen) atoms. The third-order valence-electron chi connectivity index (χ3n) is 3.93. The van der Waals surface area contributed by atoms with Crippen LogP contribution < -0.4 is 0 Å². The molecule has 1 radical (unpaired) electrons. The Labute approximate surface area is 245 Å². The zero-order chi connectivity index (χ0) is 26.9. The third-order valence-corrected chi connectivity index (χ3v) is 3.93. The quantitative estimate of drug-likeness (QED) is 0.214. The molecule has 0 atom stereocenters. The first-order chi connectivity index (χ1) is 17.0. The standard InChI is InChI=1S/3C9H8O3.Pr/c3*10-8-4-1-7(2-5-8)3-6-9(11)12;/h3*1-6,10H,(H,11,12);. The molecule has 0 bridgehead atoms. The van der Waals surface area contributed by atoms with Crippen molar-refractivity contribution in [2.24, 2.45) is 0 Å². The summed E-state index contributed by atoms with van der Waals surface area (Å²) in [6, 6.07) is 18.8. The molecular weight excluding hydrogens is 609 g/mol. The largest absolute Gasteiger partial charge is 0.508 e. The molecule has 0 unspecified atom stereocenters. The summed E-state index contributed by atoms with van der Waals surface area (Å²) in [5.74, 6) is -2.44. The van der Waals surface area contributed by atoms with Crippen LogP contribution in [0.25, 0.3) is 18.2 Å². The van der Waals surface area contributed by atoms with Crippen LogP contribution in [0, 0.1) is 41.3 Å². The van der Waals surface area contributed by atoms with Gasteiger partial charge < -0.3 is 30.6 Å². The van der Waals surface area contributed by atoms with E-state index in [1.54, 1.807) is 36.4 Å². The van der Waals surface area contributed by atoms with Gasteiger partial charge in [-0.05, 0) is 71.3 Å². The summed E-state index contributed by atoms with van der Waals surface area (Å²) in [4.78, 5) is 30.3. The first kappa shape index (κ1) is 33.1. The van der Waals surface area contributed by atoms with Gasteiger partial charge >= 0.3 is 17.9 Å². The van der Waals surface area contributed by atoms with Crippen molar-refractivity contribution in [3.05, 3.63) is 108 Å². The van der Waals surface area contributed by atoms with Gasteiger partial charge in [-0.2, -0.15) is 0 Å². The van der Waals surface area contributed by atoms with Gasteiger partial charge in [0.05, 0.1) is 0 Å². The van der Waals surface area contributed by atoms with Crippen molar-refractivity contribution in [3.8, 4) is 17.2 Å². The average molecular weight is 633 g/mol. The van der Waals surface area contributed by atoms with Crippen LogP contribution in [-0.4, -0.2) is 48.5 Å². The summed E-state index contributed by atoms with van der Waals surface area (Å²) < 4.78 is 0. The molecular formula is C27H24O9Pr. The van der Waals surface area contributed by atoms with Crippen molar-refractivity contribution in [3.63, 3.8) is 0 Å². The van der Waals surface area contributed by atoms with Crippen molar-refractivity contribution in [2.45, 2.75) is 0 Å². The van der Waals surface area contributed by atoms with Crippen LogP contribution in [0.5, 0.6) is 17.2 Å². The van der Waals surface area contributed by atoms with Gasteiger partial charge in [0.25, 0.3) is 0 Å². The summed E-state index contributed by atoms with van der Waals surface area (Å²) in [5.41, 5.74) is 2.24. The second kappa shape index (κ2) is 18.3. The van der Waals surface area contributed by atoms with Crippen LogP contribution >= 0.6 is 0 Å². The maximum Gasteiger partial charge on any atom is 0.328 e. The Bertz CT molecular complexity index is 1060. The normalized spacial score (nSPS) is 10.1. The van der Waals surface area contributed by atoms with E-state index >= 15 is 0 Å². The Morgan fingerprint density at radius 3 is 0.784 bits per heavy atom. The molecule has 0 amide bonds. The zero-order valence-corrected chi connectivity index (χ0v) is 23.1. The summed E-state index contributed by atoms with van der Waals surface area (Å²) in [6.07, 6.45) is 7.52. The van der Waals surface area contributed by atoms with Gasteiger partial charge in [0.15, 0.2) is 0 Å². The second-order valence-electron chi connectivity index (χ2n) is 6.79. The molecule has 0 saturated heterocycles. The van der Waals surface area contributed by atoms with E-state index in [2.05, 4.69) is 0 Å². The molecule has 0 aromatic heterocycles. The summed E-state index contributed by atoms with van der Waals surface area (Å²) in [7, 11) is 0. The molecule has 0 aliphatic carbocycles. The molecule has 0 aliphatic heterocycles. The van der Waals surface area contributed by atoms with Crippen molar-refractivity contribution < 1.29 is 86.3 Å². The van der Waals surface area contributed by atoms with Crippen LogP contribution in [0.3, 0.4) is 0 Å². The number of carboxylic acid groups (broad SMARTS) is 3. The molecule has 10 heteroatoms. The van der Waals surface area contributed by atoms with E-state index in [0.717, 1.165) is 34.9 Å². The van der Waals surface area contributed by atoms with E-state index in [1.165, 1.54) is 54.6 Å². The van der Waals surface area contributed by atoms with Gasteiger partial charge in [0.2, 0.25) is 0 Å². The minimum Gasteiger partial charge on any atom is -0.508 e. The number of hydrogen-bond acceptors (Lipinski definition) is 6. The van der Waals surface area contributed by atoms with Gasteiger partial charge in [-0.1, -0.05) is 36.4 Å². The van der Waals surface area contributed by atoms with E-state index < -0.39 is 17.9 Å². The van der Waals surface area contributed by atoms with Gasteiger partial charge in [-0.3, -0.25) is 0 Å². The molecule has 6 N–H and O–H groups in total. The average Bonchev–Trinajstić information content (AvgIpc) is 2.84. The molecule has 3 aromatic rings. The fourth-order valence-corrected chi connectivity index (χ4v) is 2.26. The number of aromatic hydroxyl groups is 3. The third kappa shape index (κ3) is 17.2. The van der Waals surface area contributed by atoms with Crippen LogP contribution in [0.4, 0.5) is 0 Å². The molecule has 9 nitrogen and oxygen atoms in total. The van der Waals surface area contributed by atoms with Crippen molar-refractivity contribution in [1.82, 2.24) is 0 Å². The minimum atomic E-state index is -0.983. The fraction of sp³-hybridized carbons (Fsp3) is 0. The number of aliphatic carboxylic acids is 3. The predicted molar refractivity (Wildman–Crippen MR) is 134 cm³/mol. The number of benzene rings is 3. The van der Waals surface area contributed by atoms with Gasteiger partial charge in [-0.15, -0.1) is 0 Å². The number of phenols is 3. The minimum absolute atomic E-state index is 0. The van der Waals surface area contributed by atoms with Crippen molar-refractivity contribution in [1.29, 1.82) is 0 Å². The Kier molecular flexibility index (Phi) is 16.4. The van der Waals surface area contributed by atoms with Crippen LogP contribution in [0.2, 0.25) is 0 Å². The Hall–Kier alpha value is -3.95. The van der Waals surface area contributed by atoms with Crippen molar-refractivity contribution in [2.75, 3.05) is 0 Å². The molecule has 0 fully saturated rings. The molecule has 0 aliphatic rings. The Morgan fingerprint density at radius 2 is 0.622 bits per heavy atom. The maximum absolute atomic E-state index is 10.1. The molecule has 0 heterocycles. The number of rotatable bonds is 6. The number of carbonyl (C=O) groups is 3. The molecule has 3 aromatic carbocycles. The van der Waals surface area contributed by atoms with E-state index in [1.807, 2.05) is 0 Å². The topological polar surface area (TPSA) is 173 Å². The molecule has 189 valence electrons. The van der Waals surface area contributed by atoms with Crippen molar-refractivity contribution >= 4 is 36.1 Å². The maximum atomic E-state index is 10.1. The first-order valence-corrected chi connectivity index (χ1v) is 10.2. The predicted octanol–water partition coefficient (Wildman–Crippen LogP) is 4.47. The van der Waals surface area contributed by atoms with E-state index in [0.29, 0.717) is 0 Å². The van der Waals surface area contributed by atoms with Crippen LogP contribution in [0.15, 0.2) is 91.0 Å². The fourth-order valence-electron chi connectivity index (χ4n) is 2.26.